The summed E-state index contributed by atoms with van der Waals surface area (Å²) in [6, 6.07) is 0. The average molecular weight is 358 g/mol. The van der Waals surface area contributed by atoms with Gasteiger partial charge in [-0.1, -0.05) is 65.7 Å². The van der Waals surface area contributed by atoms with Gasteiger partial charge in [-0.25, -0.2) is 0 Å². The molecule has 0 unspecified atom stereocenters. The van der Waals surface area contributed by atoms with E-state index in [0.29, 0.717) is 0 Å². The zero-order valence-corrected chi connectivity index (χ0v) is 15.9. The SMILES string of the molecule is CCc1c2c([c-](CC)c1CC)CCCC2.[Cl-].[Cl-].[Cl-].[Ti+4]. The Hall–Kier alpha value is 0.934. The van der Waals surface area contributed by atoms with Crippen molar-refractivity contribution in [2.75, 3.05) is 0 Å². The zero-order valence-electron chi connectivity index (χ0n) is 12.1. The molecule has 2 rings (SSSR count). The van der Waals surface area contributed by atoms with Gasteiger partial charge in [-0.15, -0.1) is 0 Å². The third kappa shape index (κ3) is 4.72. The molecule has 0 saturated carbocycles. The largest absolute Gasteiger partial charge is 4.00 e. The Morgan fingerprint density at radius 1 is 0.895 bits per heavy atom. The number of hydrogen-bond donors (Lipinski definition) is 0. The fraction of sp³-hybridized carbons (Fsp3) is 0.667. The predicted molar refractivity (Wildman–Crippen MR) is 66.8 cm³/mol. The summed E-state index contributed by atoms with van der Waals surface area (Å²) >= 11 is 0. The van der Waals surface area contributed by atoms with Crippen molar-refractivity contribution >= 4 is 0 Å². The van der Waals surface area contributed by atoms with Crippen LogP contribution in [0.2, 0.25) is 0 Å². The summed E-state index contributed by atoms with van der Waals surface area (Å²) < 4.78 is 0. The second kappa shape index (κ2) is 11.6. The van der Waals surface area contributed by atoms with Crippen molar-refractivity contribution in [3.8, 4) is 0 Å². The van der Waals surface area contributed by atoms with Crippen molar-refractivity contribution < 1.29 is 58.9 Å². The van der Waals surface area contributed by atoms with E-state index in [1.807, 2.05) is 0 Å². The van der Waals surface area contributed by atoms with Gasteiger partial charge < -0.3 is 37.2 Å². The van der Waals surface area contributed by atoms with Crippen molar-refractivity contribution in [1.29, 1.82) is 0 Å². The first kappa shape index (κ1) is 24.9. The average Bonchev–Trinajstić information content (AvgIpc) is 2.61. The van der Waals surface area contributed by atoms with Crippen molar-refractivity contribution in [3.63, 3.8) is 0 Å². The van der Waals surface area contributed by atoms with Crippen LogP contribution in [0.1, 0.15) is 61.4 Å². The first-order valence-electron chi connectivity index (χ1n) is 6.64. The van der Waals surface area contributed by atoms with Gasteiger partial charge in [0.25, 0.3) is 0 Å². The molecule has 1 aromatic carbocycles. The van der Waals surface area contributed by atoms with E-state index < -0.39 is 0 Å². The van der Waals surface area contributed by atoms with Gasteiger partial charge in [-0.3, -0.25) is 0 Å². The molecule has 0 aromatic heterocycles. The van der Waals surface area contributed by atoms with Gasteiger partial charge in [0.15, 0.2) is 0 Å². The fourth-order valence-electron chi connectivity index (χ4n) is 3.40. The molecule has 0 radical (unpaired) electrons. The summed E-state index contributed by atoms with van der Waals surface area (Å²) in [4.78, 5) is 0. The minimum atomic E-state index is 0. The zero-order chi connectivity index (χ0) is 10.8. The molecule has 0 nitrogen and oxygen atoms in total. The molecule has 19 heavy (non-hydrogen) atoms. The Morgan fingerprint density at radius 2 is 1.47 bits per heavy atom. The molecule has 0 atom stereocenters. The summed E-state index contributed by atoms with van der Waals surface area (Å²) in [5, 5.41) is 0. The molecule has 0 N–H and O–H groups in total. The normalized spacial score (nSPS) is 12.2. The smallest absolute Gasteiger partial charge is 1.00 e. The Morgan fingerprint density at radius 3 is 1.95 bits per heavy atom. The maximum Gasteiger partial charge on any atom is 4.00 e. The molecule has 0 heterocycles. The van der Waals surface area contributed by atoms with Gasteiger partial charge in [0, 0.05) is 0 Å². The Labute approximate surface area is 152 Å². The van der Waals surface area contributed by atoms with E-state index in [0.717, 1.165) is 0 Å². The third-order valence-electron chi connectivity index (χ3n) is 3.99. The van der Waals surface area contributed by atoms with Crippen molar-refractivity contribution in [2.24, 2.45) is 0 Å². The quantitative estimate of drug-likeness (QED) is 0.375. The Bertz CT molecular complexity index is 284. The van der Waals surface area contributed by atoms with Crippen LogP contribution in [0.25, 0.3) is 0 Å². The van der Waals surface area contributed by atoms with Gasteiger partial charge >= 0.3 is 21.7 Å². The second-order valence-corrected chi connectivity index (χ2v) is 4.66. The van der Waals surface area contributed by atoms with Crippen LogP contribution in [0.3, 0.4) is 0 Å². The monoisotopic (exact) mass is 356 g/mol. The van der Waals surface area contributed by atoms with E-state index in [2.05, 4.69) is 20.8 Å². The van der Waals surface area contributed by atoms with Crippen molar-refractivity contribution in [1.82, 2.24) is 0 Å². The summed E-state index contributed by atoms with van der Waals surface area (Å²) in [7, 11) is 0. The molecule has 0 saturated heterocycles. The summed E-state index contributed by atoms with van der Waals surface area (Å²) in [5.41, 5.74) is 8.62. The molecule has 108 valence electrons. The molecular formula is C15H23Cl3Ti. The van der Waals surface area contributed by atoms with Gasteiger partial charge in [0.2, 0.25) is 0 Å². The maximum atomic E-state index is 2.32. The summed E-state index contributed by atoms with van der Waals surface area (Å²) in [5.74, 6) is 0. The van der Waals surface area contributed by atoms with Crippen LogP contribution in [-0.4, -0.2) is 0 Å². The summed E-state index contributed by atoms with van der Waals surface area (Å²) in [6.07, 6.45) is 9.25. The standard InChI is InChI=1S/C15H23.3ClH.Ti/c1-4-11-12(5-2)14-9-7-8-10-15(14)13(11)6-3;;;;/h4-10H2,1-3H3;3*1H;/q-1;;;;+4/p-3. The van der Waals surface area contributed by atoms with Gasteiger partial charge in [-0.2, -0.15) is 27.8 Å². The molecular weight excluding hydrogens is 334 g/mol. The van der Waals surface area contributed by atoms with E-state index in [1.54, 1.807) is 27.8 Å². The maximum absolute atomic E-state index is 2.32. The molecule has 0 amide bonds. The predicted octanol–water partition coefficient (Wildman–Crippen LogP) is -5.02. The molecule has 0 fully saturated rings. The van der Waals surface area contributed by atoms with Crippen LogP contribution in [0.15, 0.2) is 0 Å². The number of halogens is 3. The van der Waals surface area contributed by atoms with Crippen LogP contribution in [-0.2, 0) is 53.8 Å². The first-order chi connectivity index (χ1) is 7.33. The van der Waals surface area contributed by atoms with E-state index in [1.165, 1.54) is 44.9 Å². The van der Waals surface area contributed by atoms with Crippen LogP contribution < -0.4 is 37.2 Å². The van der Waals surface area contributed by atoms with Crippen LogP contribution in [0.5, 0.6) is 0 Å². The molecule has 0 bridgehead atoms. The molecule has 0 spiro atoms. The summed E-state index contributed by atoms with van der Waals surface area (Å²) in [6.45, 7) is 6.96. The Kier molecular flexibility index (Phi) is 15.2. The Balaban J connectivity index is -0.000000640. The topological polar surface area (TPSA) is 0 Å². The molecule has 1 aliphatic carbocycles. The van der Waals surface area contributed by atoms with E-state index in [4.69, 9.17) is 0 Å². The van der Waals surface area contributed by atoms with Gasteiger partial charge in [0.05, 0.1) is 0 Å². The number of fused-ring (bicyclic) bond motifs is 1. The van der Waals surface area contributed by atoms with Crippen LogP contribution >= 0.6 is 0 Å². The van der Waals surface area contributed by atoms with Crippen molar-refractivity contribution in [2.45, 2.75) is 65.7 Å². The molecule has 1 aromatic rings. The van der Waals surface area contributed by atoms with E-state index in [9.17, 15) is 0 Å². The molecule has 4 heteroatoms. The van der Waals surface area contributed by atoms with Gasteiger partial charge in [0.1, 0.15) is 0 Å². The van der Waals surface area contributed by atoms with Crippen molar-refractivity contribution in [3.05, 3.63) is 27.8 Å². The number of hydrogen-bond acceptors (Lipinski definition) is 0. The minimum Gasteiger partial charge on any atom is -1.00 e. The third-order valence-corrected chi connectivity index (χ3v) is 3.99. The second-order valence-electron chi connectivity index (χ2n) is 4.66. The number of rotatable bonds is 3. The molecule has 1 aliphatic rings. The minimum absolute atomic E-state index is 0. The van der Waals surface area contributed by atoms with Gasteiger partial charge in [-0.05, 0) is 0 Å². The fourth-order valence-corrected chi connectivity index (χ4v) is 3.40. The van der Waals surface area contributed by atoms with Crippen LogP contribution in [0, 0.1) is 0 Å². The van der Waals surface area contributed by atoms with E-state index >= 15 is 0 Å². The first-order valence-corrected chi connectivity index (χ1v) is 6.64. The van der Waals surface area contributed by atoms with E-state index in [-0.39, 0.29) is 58.9 Å². The van der Waals surface area contributed by atoms with Crippen LogP contribution in [0.4, 0.5) is 0 Å². The molecule has 0 aliphatic heterocycles.